The van der Waals surface area contributed by atoms with E-state index >= 15 is 0 Å². The lowest BCUT2D eigenvalue weighted by molar-refractivity contribution is -0.118. The molecule has 1 atom stereocenters. The third-order valence-corrected chi connectivity index (χ3v) is 4.05. The maximum Gasteiger partial charge on any atom is 0.232 e. The lowest BCUT2D eigenvalue weighted by Gasteiger charge is -2.28. The highest BCUT2D eigenvalue weighted by Crippen LogP contribution is 2.36. The number of amides is 1. The summed E-state index contributed by atoms with van der Waals surface area (Å²) in [6.45, 7) is 0. The molecule has 1 aliphatic carbocycles. The zero-order valence-electron chi connectivity index (χ0n) is 10.3. The number of hydrogen-bond acceptors (Lipinski definition) is 1. The van der Waals surface area contributed by atoms with Crippen LogP contribution in [0.3, 0.4) is 0 Å². The van der Waals surface area contributed by atoms with Gasteiger partial charge in [0.1, 0.15) is 11.6 Å². The number of rotatable bonds is 2. The number of carbonyl (C=O) groups is 1. The van der Waals surface area contributed by atoms with Gasteiger partial charge in [-0.05, 0) is 39.5 Å². The molecule has 0 aromatic heterocycles. The summed E-state index contributed by atoms with van der Waals surface area (Å²) in [5.41, 5.74) is 1.93. The van der Waals surface area contributed by atoms with Crippen LogP contribution in [0.2, 0.25) is 0 Å². The maximum absolute atomic E-state index is 13.7. The second-order valence-electron chi connectivity index (χ2n) is 4.69. The number of halogens is 3. The molecule has 102 valence electrons. The summed E-state index contributed by atoms with van der Waals surface area (Å²) >= 11 is 2.89. The Morgan fingerprint density at radius 3 is 2.70 bits per heavy atom. The zero-order chi connectivity index (χ0) is 14.3. The first-order chi connectivity index (χ1) is 9.56. The first-order valence-corrected chi connectivity index (χ1v) is 6.89. The van der Waals surface area contributed by atoms with E-state index in [1.165, 1.54) is 0 Å². The fourth-order valence-electron chi connectivity index (χ4n) is 2.33. The van der Waals surface area contributed by atoms with Crippen molar-refractivity contribution in [3.8, 4) is 0 Å². The molecule has 0 bridgehead atoms. The van der Waals surface area contributed by atoms with Gasteiger partial charge in [0.2, 0.25) is 5.91 Å². The summed E-state index contributed by atoms with van der Waals surface area (Å²) in [6.07, 6.45) is 0.628. The molecule has 0 spiro atoms. The van der Waals surface area contributed by atoms with Gasteiger partial charge < -0.3 is 5.32 Å². The number of benzene rings is 2. The van der Waals surface area contributed by atoms with Crippen LogP contribution in [0.4, 0.5) is 14.5 Å². The largest absolute Gasteiger partial charge is 0.323 e. The first kappa shape index (κ1) is 13.2. The van der Waals surface area contributed by atoms with Crippen LogP contribution in [0.5, 0.6) is 0 Å². The minimum absolute atomic E-state index is 0.0296. The van der Waals surface area contributed by atoms with Crippen LogP contribution in [0.25, 0.3) is 0 Å². The van der Waals surface area contributed by atoms with Crippen LogP contribution in [0, 0.1) is 11.6 Å². The quantitative estimate of drug-likeness (QED) is 0.824. The molecule has 20 heavy (non-hydrogen) atoms. The number of carbonyl (C=O) groups excluding carboxylic acids is 1. The van der Waals surface area contributed by atoms with E-state index in [4.69, 9.17) is 0 Å². The summed E-state index contributed by atoms with van der Waals surface area (Å²) in [5, 5.41) is 2.45. The Balaban J connectivity index is 1.80. The average Bonchev–Trinajstić information content (AvgIpc) is 2.37. The Kier molecular flexibility index (Phi) is 3.30. The molecule has 0 heterocycles. The van der Waals surface area contributed by atoms with Crippen LogP contribution < -0.4 is 5.32 Å². The first-order valence-electron chi connectivity index (χ1n) is 6.09. The second-order valence-corrected chi connectivity index (χ2v) is 5.55. The molecule has 3 rings (SSSR count). The molecule has 1 amide bonds. The maximum atomic E-state index is 13.7. The Labute approximate surface area is 122 Å². The van der Waals surface area contributed by atoms with Crippen molar-refractivity contribution in [3.05, 3.63) is 63.6 Å². The number of anilines is 1. The topological polar surface area (TPSA) is 29.1 Å². The molecule has 5 heteroatoms. The molecule has 1 N–H and O–H groups in total. The molecule has 0 radical (unpaired) electrons. The third kappa shape index (κ3) is 2.22. The summed E-state index contributed by atoms with van der Waals surface area (Å²) in [4.78, 5) is 12.1. The second kappa shape index (κ2) is 4.98. The van der Waals surface area contributed by atoms with Crippen LogP contribution >= 0.6 is 15.9 Å². The van der Waals surface area contributed by atoms with Gasteiger partial charge in [0.25, 0.3) is 0 Å². The van der Waals surface area contributed by atoms with E-state index in [0.29, 0.717) is 6.42 Å². The molecule has 1 unspecified atom stereocenters. The van der Waals surface area contributed by atoms with Gasteiger partial charge in [-0.15, -0.1) is 0 Å². The minimum Gasteiger partial charge on any atom is -0.323 e. The van der Waals surface area contributed by atoms with Crippen LogP contribution in [0.15, 0.2) is 40.9 Å². The fraction of sp³-hybridized carbons (Fsp3) is 0.133. The lowest BCUT2D eigenvalue weighted by Crippen LogP contribution is -2.30. The van der Waals surface area contributed by atoms with E-state index in [2.05, 4.69) is 21.2 Å². The molecular weight excluding hydrogens is 328 g/mol. The molecule has 2 aromatic carbocycles. The number of fused-ring (bicyclic) bond motifs is 1. The Morgan fingerprint density at radius 1 is 1.20 bits per heavy atom. The molecule has 0 fully saturated rings. The summed E-state index contributed by atoms with van der Waals surface area (Å²) in [5.74, 6) is -1.89. The van der Waals surface area contributed by atoms with Crippen molar-refractivity contribution < 1.29 is 13.6 Å². The fourth-order valence-corrected chi connectivity index (χ4v) is 2.65. The summed E-state index contributed by atoms with van der Waals surface area (Å²) < 4.78 is 27.1. The van der Waals surface area contributed by atoms with E-state index in [1.807, 2.05) is 24.3 Å². The van der Waals surface area contributed by atoms with Gasteiger partial charge in [0.15, 0.2) is 0 Å². The Bertz CT molecular complexity index is 702. The molecule has 0 saturated heterocycles. The SMILES string of the molecule is O=C(Nc1cc(F)c(Br)cc1F)C1Cc2ccccc21. The third-order valence-electron chi connectivity index (χ3n) is 3.44. The smallest absolute Gasteiger partial charge is 0.232 e. The lowest BCUT2D eigenvalue weighted by atomic mass is 9.77. The van der Waals surface area contributed by atoms with Crippen molar-refractivity contribution in [2.45, 2.75) is 12.3 Å². The van der Waals surface area contributed by atoms with E-state index in [1.54, 1.807) is 0 Å². The molecule has 0 aliphatic heterocycles. The molecule has 2 aromatic rings. The minimum atomic E-state index is -0.667. The van der Waals surface area contributed by atoms with Gasteiger partial charge in [-0.3, -0.25) is 4.79 Å². The van der Waals surface area contributed by atoms with Gasteiger partial charge in [0.05, 0.1) is 16.1 Å². The normalized spacial score (nSPS) is 16.2. The highest BCUT2D eigenvalue weighted by molar-refractivity contribution is 9.10. The van der Waals surface area contributed by atoms with Gasteiger partial charge in [-0.1, -0.05) is 24.3 Å². The predicted molar refractivity (Wildman–Crippen MR) is 75.6 cm³/mol. The van der Waals surface area contributed by atoms with Crippen molar-refractivity contribution in [3.63, 3.8) is 0 Å². The molecule has 1 aliphatic rings. The van der Waals surface area contributed by atoms with Gasteiger partial charge in [-0.25, -0.2) is 8.78 Å². The average molecular weight is 338 g/mol. The summed E-state index contributed by atoms with van der Waals surface area (Å²) in [6, 6.07) is 9.58. The zero-order valence-corrected chi connectivity index (χ0v) is 11.9. The van der Waals surface area contributed by atoms with Crippen LogP contribution in [-0.4, -0.2) is 5.91 Å². The van der Waals surface area contributed by atoms with Crippen molar-refractivity contribution >= 4 is 27.5 Å². The van der Waals surface area contributed by atoms with E-state index in [0.717, 1.165) is 23.3 Å². The Morgan fingerprint density at radius 2 is 1.95 bits per heavy atom. The van der Waals surface area contributed by atoms with Gasteiger partial charge in [0, 0.05) is 6.07 Å². The predicted octanol–water partition coefficient (Wildman–Crippen LogP) is 4.01. The summed E-state index contributed by atoms with van der Waals surface area (Å²) in [7, 11) is 0. The van der Waals surface area contributed by atoms with Gasteiger partial charge >= 0.3 is 0 Å². The van der Waals surface area contributed by atoms with Crippen molar-refractivity contribution in [2.75, 3.05) is 5.32 Å². The van der Waals surface area contributed by atoms with Crippen LogP contribution in [-0.2, 0) is 11.2 Å². The highest BCUT2D eigenvalue weighted by atomic mass is 79.9. The van der Waals surface area contributed by atoms with E-state index in [-0.39, 0.29) is 22.0 Å². The molecule has 0 saturated carbocycles. The van der Waals surface area contributed by atoms with Crippen LogP contribution in [0.1, 0.15) is 17.0 Å². The van der Waals surface area contributed by atoms with E-state index in [9.17, 15) is 13.6 Å². The van der Waals surface area contributed by atoms with Crippen molar-refractivity contribution in [1.82, 2.24) is 0 Å². The molecule has 2 nitrogen and oxygen atoms in total. The number of hydrogen-bond donors (Lipinski definition) is 1. The van der Waals surface area contributed by atoms with Crippen molar-refractivity contribution in [2.24, 2.45) is 0 Å². The Hall–Kier alpha value is -1.75. The standard InChI is InChI=1S/C15H10BrF2NO/c16-11-6-13(18)14(7-12(11)17)19-15(20)10-5-8-3-1-2-4-9(8)10/h1-4,6-7,10H,5H2,(H,19,20). The van der Waals surface area contributed by atoms with Gasteiger partial charge in [-0.2, -0.15) is 0 Å². The monoisotopic (exact) mass is 337 g/mol. The van der Waals surface area contributed by atoms with E-state index < -0.39 is 11.6 Å². The van der Waals surface area contributed by atoms with Crippen molar-refractivity contribution in [1.29, 1.82) is 0 Å². The highest BCUT2D eigenvalue weighted by Gasteiger charge is 2.32. The molecular formula is C15H10BrF2NO. The number of nitrogens with one attached hydrogen (secondary N) is 1.